The lowest BCUT2D eigenvalue weighted by Crippen LogP contribution is -2.38. The largest absolute Gasteiger partial charge is 0.326 e. The maximum atomic E-state index is 13.8. The monoisotopic (exact) mass is 353 g/mol. The first-order chi connectivity index (χ1) is 8.59. The normalized spacial score (nSPS) is 21.9. The Morgan fingerprint density at radius 2 is 2.17 bits per heavy atom. The molecular weight excluding hydrogens is 340 g/mol. The Kier molecular flexibility index (Phi) is 5.35. The maximum absolute atomic E-state index is 13.8. The highest BCUT2D eigenvalue weighted by Crippen LogP contribution is 2.29. The molecule has 1 aliphatic rings. The Bertz CT molecular complexity index is 425. The minimum atomic E-state index is -0.529. The van der Waals surface area contributed by atoms with Crippen LogP contribution >= 0.6 is 39.5 Å². The molecule has 2 unspecified atom stereocenters. The number of thioether (sulfide) groups is 2. The summed E-state index contributed by atoms with van der Waals surface area (Å²) in [5.41, 5.74) is 6.18. The zero-order chi connectivity index (χ0) is 13.1. The van der Waals surface area contributed by atoms with Crippen LogP contribution in [0, 0.1) is 11.6 Å². The third kappa shape index (κ3) is 3.40. The van der Waals surface area contributed by atoms with Crippen LogP contribution in [0.1, 0.15) is 5.56 Å². The molecule has 1 fully saturated rings. The zero-order valence-corrected chi connectivity index (χ0v) is 12.9. The lowest BCUT2D eigenvalue weighted by Gasteiger charge is -2.27. The van der Waals surface area contributed by atoms with Gasteiger partial charge >= 0.3 is 0 Å². The van der Waals surface area contributed by atoms with Gasteiger partial charge in [-0.05, 0) is 34.5 Å². The van der Waals surface area contributed by atoms with E-state index in [0.717, 1.165) is 17.3 Å². The topological polar surface area (TPSA) is 26.0 Å². The second-order valence-corrected chi connectivity index (χ2v) is 7.53. The van der Waals surface area contributed by atoms with Gasteiger partial charge in [0.05, 0.1) is 4.47 Å². The fourth-order valence-corrected chi connectivity index (χ4v) is 5.07. The van der Waals surface area contributed by atoms with Gasteiger partial charge in [-0.15, -0.1) is 0 Å². The molecule has 0 spiro atoms. The van der Waals surface area contributed by atoms with E-state index in [1.165, 1.54) is 12.1 Å². The van der Waals surface area contributed by atoms with Gasteiger partial charge in [0.25, 0.3) is 0 Å². The van der Waals surface area contributed by atoms with Crippen LogP contribution in [0.2, 0.25) is 0 Å². The molecule has 0 radical (unpaired) electrons. The molecule has 2 N–H and O–H groups in total. The van der Waals surface area contributed by atoms with Crippen LogP contribution in [0.15, 0.2) is 16.6 Å². The van der Waals surface area contributed by atoms with Crippen molar-refractivity contribution in [3.8, 4) is 0 Å². The van der Waals surface area contributed by atoms with E-state index in [1.807, 2.05) is 11.8 Å². The second kappa shape index (κ2) is 6.59. The summed E-state index contributed by atoms with van der Waals surface area (Å²) in [7, 11) is 0. The van der Waals surface area contributed by atoms with Gasteiger partial charge in [0.2, 0.25) is 0 Å². The standard InChI is InChI=1S/C12H14BrF2NS2/c13-8-1-2-9(14)7(12(8)15)5-10(16)11-6-17-3-4-18-11/h1-2,10-11H,3-6,16H2. The summed E-state index contributed by atoms with van der Waals surface area (Å²) in [6.45, 7) is 0. The molecule has 0 saturated carbocycles. The van der Waals surface area contributed by atoms with E-state index >= 15 is 0 Å². The first-order valence-corrected chi connectivity index (χ1v) is 8.66. The first-order valence-electron chi connectivity index (χ1n) is 5.67. The van der Waals surface area contributed by atoms with Crippen molar-refractivity contribution >= 4 is 39.5 Å². The van der Waals surface area contributed by atoms with Crippen molar-refractivity contribution in [3.63, 3.8) is 0 Å². The third-order valence-electron chi connectivity index (χ3n) is 2.90. The molecule has 1 saturated heterocycles. The van der Waals surface area contributed by atoms with Crippen molar-refractivity contribution in [2.45, 2.75) is 17.7 Å². The van der Waals surface area contributed by atoms with Gasteiger partial charge < -0.3 is 5.73 Å². The van der Waals surface area contributed by atoms with E-state index in [0.29, 0.717) is 0 Å². The van der Waals surface area contributed by atoms with Gasteiger partial charge in [0.1, 0.15) is 11.6 Å². The first kappa shape index (κ1) is 14.6. The van der Waals surface area contributed by atoms with Gasteiger partial charge in [0, 0.05) is 34.1 Å². The summed E-state index contributed by atoms with van der Waals surface area (Å²) in [6.07, 6.45) is 0.245. The van der Waals surface area contributed by atoms with E-state index in [9.17, 15) is 8.78 Å². The summed E-state index contributed by atoms with van der Waals surface area (Å²) in [5.74, 6) is 2.11. The summed E-state index contributed by atoms with van der Waals surface area (Å²) >= 11 is 6.73. The van der Waals surface area contributed by atoms with Crippen LogP contribution in [0.5, 0.6) is 0 Å². The number of rotatable bonds is 3. The Morgan fingerprint density at radius 3 is 2.83 bits per heavy atom. The molecule has 1 aliphatic heterocycles. The molecule has 1 heterocycles. The van der Waals surface area contributed by atoms with Crippen LogP contribution < -0.4 is 5.73 Å². The van der Waals surface area contributed by atoms with Gasteiger partial charge in [-0.2, -0.15) is 23.5 Å². The molecule has 18 heavy (non-hydrogen) atoms. The van der Waals surface area contributed by atoms with Crippen molar-refractivity contribution < 1.29 is 8.78 Å². The number of halogens is 3. The van der Waals surface area contributed by atoms with Gasteiger partial charge in [-0.1, -0.05) is 0 Å². The van der Waals surface area contributed by atoms with Crippen LogP contribution in [0.25, 0.3) is 0 Å². The lowest BCUT2D eigenvalue weighted by atomic mass is 10.0. The summed E-state index contributed by atoms with van der Waals surface area (Å²) in [5, 5.41) is 0.279. The minimum absolute atomic E-state index is 0.0908. The van der Waals surface area contributed by atoms with E-state index in [2.05, 4.69) is 15.9 Å². The highest BCUT2D eigenvalue weighted by molar-refractivity contribution is 9.10. The second-order valence-electron chi connectivity index (χ2n) is 4.17. The number of hydrogen-bond donors (Lipinski definition) is 1. The van der Waals surface area contributed by atoms with Gasteiger partial charge in [-0.25, -0.2) is 8.78 Å². The van der Waals surface area contributed by atoms with Crippen LogP contribution in [0.3, 0.4) is 0 Å². The molecule has 1 aromatic rings. The van der Waals surface area contributed by atoms with E-state index in [-0.39, 0.29) is 27.7 Å². The fraction of sp³-hybridized carbons (Fsp3) is 0.500. The minimum Gasteiger partial charge on any atom is -0.326 e. The van der Waals surface area contributed by atoms with Crippen molar-refractivity contribution in [2.75, 3.05) is 17.3 Å². The third-order valence-corrected chi connectivity index (χ3v) is 6.45. The molecule has 0 aliphatic carbocycles. The number of nitrogens with two attached hydrogens (primary N) is 1. The molecule has 6 heteroatoms. The van der Waals surface area contributed by atoms with E-state index in [1.54, 1.807) is 11.8 Å². The van der Waals surface area contributed by atoms with Crippen LogP contribution in [-0.2, 0) is 6.42 Å². The predicted octanol–water partition coefficient (Wildman–Crippen LogP) is 3.45. The molecule has 100 valence electrons. The Balaban J connectivity index is 2.10. The molecular formula is C12H14BrF2NS2. The molecule has 0 bridgehead atoms. The highest BCUT2D eigenvalue weighted by atomic mass is 79.9. The molecule has 2 atom stereocenters. The van der Waals surface area contributed by atoms with Gasteiger partial charge in [-0.3, -0.25) is 0 Å². The van der Waals surface area contributed by atoms with Crippen molar-refractivity contribution in [3.05, 3.63) is 33.8 Å². The zero-order valence-electron chi connectivity index (χ0n) is 9.67. The van der Waals surface area contributed by atoms with E-state index in [4.69, 9.17) is 5.73 Å². The van der Waals surface area contributed by atoms with Gasteiger partial charge in [0.15, 0.2) is 0 Å². The lowest BCUT2D eigenvalue weighted by molar-refractivity contribution is 0.530. The number of hydrogen-bond acceptors (Lipinski definition) is 3. The molecule has 1 aromatic carbocycles. The summed E-state index contributed by atoms with van der Waals surface area (Å²) < 4.78 is 27.8. The molecule has 0 aromatic heterocycles. The van der Waals surface area contributed by atoms with Crippen molar-refractivity contribution in [1.82, 2.24) is 0 Å². The average Bonchev–Trinajstić information content (AvgIpc) is 2.40. The Labute approximate surface area is 122 Å². The van der Waals surface area contributed by atoms with Crippen LogP contribution in [-0.4, -0.2) is 28.6 Å². The van der Waals surface area contributed by atoms with E-state index < -0.39 is 11.6 Å². The van der Waals surface area contributed by atoms with Crippen LogP contribution in [0.4, 0.5) is 8.78 Å². The SMILES string of the molecule is NC(Cc1c(F)ccc(Br)c1F)C1CSCCS1. The summed E-state index contributed by atoms with van der Waals surface area (Å²) in [4.78, 5) is 0. The maximum Gasteiger partial charge on any atom is 0.143 e. The quantitative estimate of drug-likeness (QED) is 0.842. The Morgan fingerprint density at radius 1 is 1.39 bits per heavy atom. The Hall–Kier alpha value is 0.220. The fourth-order valence-electron chi connectivity index (χ4n) is 1.88. The molecule has 2 rings (SSSR count). The summed E-state index contributed by atoms with van der Waals surface area (Å²) in [6, 6.07) is 2.45. The average molecular weight is 354 g/mol. The molecule has 1 nitrogen and oxygen atoms in total. The van der Waals surface area contributed by atoms with Crippen molar-refractivity contribution in [1.29, 1.82) is 0 Å². The highest BCUT2D eigenvalue weighted by Gasteiger charge is 2.24. The smallest absolute Gasteiger partial charge is 0.143 e. The predicted molar refractivity (Wildman–Crippen MR) is 79.3 cm³/mol. The number of benzene rings is 1. The van der Waals surface area contributed by atoms with Crippen molar-refractivity contribution in [2.24, 2.45) is 5.73 Å². The molecule has 0 amide bonds.